The fourth-order valence-corrected chi connectivity index (χ4v) is 2.45. The van der Waals surface area contributed by atoms with Crippen LogP contribution in [0.15, 0.2) is 17.0 Å². The van der Waals surface area contributed by atoms with Gasteiger partial charge in [0.25, 0.3) is 0 Å². The summed E-state index contributed by atoms with van der Waals surface area (Å²) >= 11 is 0. The standard InChI is InChI=1S/C10H13NO4S/c1-6(2)16(14,15)9-5-4-8(10(12)13)11-7(9)3/h4-6H,1-3H3,(H,12,13). The molecule has 0 saturated carbocycles. The minimum absolute atomic E-state index is 0.0903. The molecule has 1 rings (SSSR count). The monoisotopic (exact) mass is 243 g/mol. The second-order valence-corrected chi connectivity index (χ2v) is 6.15. The zero-order valence-electron chi connectivity index (χ0n) is 9.26. The summed E-state index contributed by atoms with van der Waals surface area (Å²) in [4.78, 5) is 14.5. The largest absolute Gasteiger partial charge is 0.477 e. The molecule has 0 aliphatic carbocycles. The van der Waals surface area contributed by atoms with Crippen molar-refractivity contribution in [3.63, 3.8) is 0 Å². The van der Waals surface area contributed by atoms with Crippen molar-refractivity contribution in [3.8, 4) is 0 Å². The molecule has 0 aliphatic heterocycles. The zero-order chi connectivity index (χ0) is 12.5. The first-order valence-corrected chi connectivity index (χ1v) is 6.26. The van der Waals surface area contributed by atoms with Crippen LogP contribution >= 0.6 is 0 Å². The number of aromatic carboxylic acids is 1. The Bertz CT molecular complexity index is 520. The SMILES string of the molecule is Cc1nc(C(=O)O)ccc1S(=O)(=O)C(C)C. The van der Waals surface area contributed by atoms with Crippen LogP contribution in [-0.2, 0) is 9.84 Å². The summed E-state index contributed by atoms with van der Waals surface area (Å²) in [5.41, 5.74) is 0.0637. The fraction of sp³-hybridized carbons (Fsp3) is 0.400. The second kappa shape index (κ2) is 4.21. The lowest BCUT2D eigenvalue weighted by Crippen LogP contribution is -2.16. The van der Waals surface area contributed by atoms with Crippen LogP contribution in [0.3, 0.4) is 0 Å². The van der Waals surface area contributed by atoms with E-state index < -0.39 is 21.1 Å². The van der Waals surface area contributed by atoms with E-state index in [9.17, 15) is 13.2 Å². The van der Waals surface area contributed by atoms with Crippen molar-refractivity contribution in [1.82, 2.24) is 4.98 Å². The van der Waals surface area contributed by atoms with E-state index in [2.05, 4.69) is 4.98 Å². The molecule has 0 unspecified atom stereocenters. The second-order valence-electron chi connectivity index (χ2n) is 3.68. The minimum Gasteiger partial charge on any atom is -0.477 e. The number of rotatable bonds is 3. The highest BCUT2D eigenvalue weighted by Crippen LogP contribution is 2.19. The maximum atomic E-state index is 11.8. The maximum absolute atomic E-state index is 11.8. The van der Waals surface area contributed by atoms with Crippen LogP contribution < -0.4 is 0 Å². The van der Waals surface area contributed by atoms with E-state index in [4.69, 9.17) is 5.11 Å². The lowest BCUT2D eigenvalue weighted by Gasteiger charge is -2.10. The molecule has 0 amide bonds. The van der Waals surface area contributed by atoms with Gasteiger partial charge in [-0.3, -0.25) is 0 Å². The van der Waals surface area contributed by atoms with Crippen LogP contribution in [-0.4, -0.2) is 29.7 Å². The lowest BCUT2D eigenvalue weighted by molar-refractivity contribution is 0.0690. The van der Waals surface area contributed by atoms with E-state index in [1.165, 1.54) is 19.1 Å². The molecule has 6 heteroatoms. The lowest BCUT2D eigenvalue weighted by atomic mass is 10.3. The topological polar surface area (TPSA) is 84.3 Å². The van der Waals surface area contributed by atoms with Crippen LogP contribution in [0.5, 0.6) is 0 Å². The van der Waals surface area contributed by atoms with Gasteiger partial charge in [0.05, 0.1) is 15.8 Å². The Kier molecular flexibility index (Phi) is 3.32. The van der Waals surface area contributed by atoms with Gasteiger partial charge in [0, 0.05) is 0 Å². The Morgan fingerprint density at radius 1 is 1.38 bits per heavy atom. The quantitative estimate of drug-likeness (QED) is 0.864. The van der Waals surface area contributed by atoms with E-state index in [1.807, 2.05) is 0 Å². The summed E-state index contributed by atoms with van der Waals surface area (Å²) in [7, 11) is -3.41. The van der Waals surface area contributed by atoms with Gasteiger partial charge in [0.1, 0.15) is 5.69 Å². The molecule has 1 aromatic heterocycles. The van der Waals surface area contributed by atoms with Crippen molar-refractivity contribution in [2.45, 2.75) is 30.9 Å². The number of carboxylic acid groups (broad SMARTS) is 1. The third kappa shape index (κ3) is 2.21. The Morgan fingerprint density at radius 3 is 2.31 bits per heavy atom. The molecule has 1 heterocycles. The average molecular weight is 243 g/mol. The molecule has 88 valence electrons. The number of carboxylic acids is 1. The molecular formula is C10H13NO4S. The minimum atomic E-state index is -3.41. The maximum Gasteiger partial charge on any atom is 0.354 e. The molecule has 0 atom stereocenters. The average Bonchev–Trinajstić information content (AvgIpc) is 2.16. The number of aromatic nitrogens is 1. The number of hydrogen-bond donors (Lipinski definition) is 1. The molecule has 0 aliphatic rings. The van der Waals surface area contributed by atoms with Crippen LogP contribution in [0.25, 0.3) is 0 Å². The van der Waals surface area contributed by atoms with E-state index in [1.54, 1.807) is 13.8 Å². The van der Waals surface area contributed by atoms with E-state index in [-0.39, 0.29) is 16.3 Å². The predicted octanol–water partition coefficient (Wildman–Crippen LogP) is 1.27. The smallest absolute Gasteiger partial charge is 0.354 e. The summed E-state index contributed by atoms with van der Waals surface area (Å²) in [5, 5.41) is 8.15. The number of hydrogen-bond acceptors (Lipinski definition) is 4. The van der Waals surface area contributed by atoms with Gasteiger partial charge < -0.3 is 5.11 Å². The summed E-state index contributed by atoms with van der Waals surface area (Å²) < 4.78 is 23.7. The highest BCUT2D eigenvalue weighted by atomic mass is 32.2. The third-order valence-corrected chi connectivity index (χ3v) is 4.47. The van der Waals surface area contributed by atoms with Crippen LogP contribution in [0.2, 0.25) is 0 Å². The fourth-order valence-electron chi connectivity index (χ4n) is 1.22. The van der Waals surface area contributed by atoms with Crippen LogP contribution in [0.4, 0.5) is 0 Å². The Labute approximate surface area is 94.1 Å². The van der Waals surface area contributed by atoms with Crippen LogP contribution in [0.1, 0.15) is 30.0 Å². The highest BCUT2D eigenvalue weighted by molar-refractivity contribution is 7.92. The van der Waals surface area contributed by atoms with E-state index in [0.29, 0.717) is 0 Å². The number of aryl methyl sites for hydroxylation is 1. The van der Waals surface area contributed by atoms with Gasteiger partial charge in [0.15, 0.2) is 9.84 Å². The van der Waals surface area contributed by atoms with Crippen molar-refractivity contribution >= 4 is 15.8 Å². The van der Waals surface area contributed by atoms with Gasteiger partial charge in [0.2, 0.25) is 0 Å². The molecular weight excluding hydrogens is 230 g/mol. The summed E-state index contributed by atoms with van der Waals surface area (Å²) in [6.07, 6.45) is 0. The summed E-state index contributed by atoms with van der Waals surface area (Å²) in [6.45, 7) is 4.63. The van der Waals surface area contributed by atoms with Gasteiger partial charge >= 0.3 is 5.97 Å². The van der Waals surface area contributed by atoms with Gasteiger partial charge in [-0.05, 0) is 32.9 Å². The first-order chi connectivity index (χ1) is 7.26. The summed E-state index contributed by atoms with van der Waals surface area (Å²) in [5.74, 6) is -1.17. The Morgan fingerprint density at radius 2 is 1.94 bits per heavy atom. The number of nitrogens with zero attached hydrogens (tertiary/aromatic N) is 1. The van der Waals surface area contributed by atoms with Gasteiger partial charge in [-0.25, -0.2) is 18.2 Å². The number of pyridine rings is 1. The third-order valence-electron chi connectivity index (χ3n) is 2.18. The molecule has 1 aromatic rings. The van der Waals surface area contributed by atoms with Crippen LogP contribution in [0, 0.1) is 6.92 Å². The van der Waals surface area contributed by atoms with Crippen molar-refractivity contribution in [3.05, 3.63) is 23.5 Å². The van der Waals surface area contributed by atoms with Crippen molar-refractivity contribution in [1.29, 1.82) is 0 Å². The molecule has 0 spiro atoms. The van der Waals surface area contributed by atoms with Gasteiger partial charge in [-0.2, -0.15) is 0 Å². The molecule has 16 heavy (non-hydrogen) atoms. The molecule has 5 nitrogen and oxygen atoms in total. The van der Waals surface area contributed by atoms with Gasteiger partial charge in [-0.15, -0.1) is 0 Å². The predicted molar refractivity (Wildman–Crippen MR) is 58.3 cm³/mol. The first-order valence-electron chi connectivity index (χ1n) is 4.71. The van der Waals surface area contributed by atoms with Crippen molar-refractivity contribution < 1.29 is 18.3 Å². The van der Waals surface area contributed by atoms with E-state index in [0.717, 1.165) is 0 Å². The normalized spacial score (nSPS) is 11.8. The van der Waals surface area contributed by atoms with Crippen molar-refractivity contribution in [2.75, 3.05) is 0 Å². The molecule has 0 radical (unpaired) electrons. The first kappa shape index (κ1) is 12.6. The van der Waals surface area contributed by atoms with E-state index >= 15 is 0 Å². The molecule has 0 saturated heterocycles. The Balaban J connectivity index is 3.35. The van der Waals surface area contributed by atoms with Crippen molar-refractivity contribution in [2.24, 2.45) is 0 Å². The molecule has 0 bridgehead atoms. The zero-order valence-corrected chi connectivity index (χ0v) is 10.1. The molecule has 1 N–H and O–H groups in total. The highest BCUT2D eigenvalue weighted by Gasteiger charge is 2.22. The summed E-state index contributed by atoms with van der Waals surface area (Å²) in [6, 6.07) is 2.49. The molecule has 0 fully saturated rings. The molecule has 0 aromatic carbocycles. The number of sulfone groups is 1. The Hall–Kier alpha value is -1.43. The number of carbonyl (C=O) groups is 1. The van der Waals surface area contributed by atoms with Gasteiger partial charge in [-0.1, -0.05) is 0 Å².